The summed E-state index contributed by atoms with van der Waals surface area (Å²) in [6, 6.07) is 20.1. The second kappa shape index (κ2) is 11.5. The molecule has 4 aromatic rings. The lowest BCUT2D eigenvalue weighted by atomic mass is 9.95. The molecule has 1 atom stereocenters. The van der Waals surface area contributed by atoms with Crippen LogP contribution in [0.25, 0.3) is 22.5 Å². The van der Waals surface area contributed by atoms with Gasteiger partial charge in [0.05, 0.1) is 22.8 Å². The zero-order chi connectivity index (χ0) is 27.6. The minimum Gasteiger partial charge on any atom is -0.320 e. The van der Waals surface area contributed by atoms with Gasteiger partial charge in [0.15, 0.2) is 5.37 Å². The van der Waals surface area contributed by atoms with Crippen LogP contribution in [-0.4, -0.2) is 28.3 Å². The van der Waals surface area contributed by atoms with Crippen molar-refractivity contribution < 1.29 is 13.0 Å². The van der Waals surface area contributed by atoms with Crippen LogP contribution >= 0.6 is 11.8 Å². The number of fused-ring (bicyclic) bond motifs is 2. The Bertz CT molecular complexity index is 1600. The highest BCUT2D eigenvalue weighted by atomic mass is 32.2. The van der Waals surface area contributed by atoms with E-state index in [1.807, 2.05) is 48.7 Å². The number of anilines is 2. The monoisotopic (exact) mass is 559 g/mol. The van der Waals surface area contributed by atoms with E-state index in [0.29, 0.717) is 0 Å². The van der Waals surface area contributed by atoms with Crippen molar-refractivity contribution in [2.24, 2.45) is 0 Å². The lowest BCUT2D eigenvalue weighted by molar-refractivity contribution is 0.464. The maximum atomic E-state index is 12.8. The van der Waals surface area contributed by atoms with Crippen molar-refractivity contribution in [1.82, 2.24) is 9.97 Å². The first-order valence-electron chi connectivity index (χ1n) is 13.5. The molecule has 8 heteroatoms. The van der Waals surface area contributed by atoms with E-state index in [9.17, 15) is 13.0 Å². The molecule has 3 heterocycles. The highest BCUT2D eigenvalue weighted by Gasteiger charge is 2.37. The summed E-state index contributed by atoms with van der Waals surface area (Å²) in [7, 11) is -4.40. The first-order chi connectivity index (χ1) is 18.9. The van der Waals surface area contributed by atoms with Crippen molar-refractivity contribution in [1.29, 1.82) is 0 Å². The van der Waals surface area contributed by atoms with Crippen molar-refractivity contribution in [3.8, 4) is 22.5 Å². The normalized spacial score (nSPS) is 13.6. The average Bonchev–Trinajstić information content (AvgIpc) is 2.93. The van der Waals surface area contributed by atoms with Gasteiger partial charge in [-0.15, -0.1) is 0 Å². The largest absolute Gasteiger partial charge is 0.320 e. The van der Waals surface area contributed by atoms with E-state index >= 15 is 0 Å². The number of pyridine rings is 2. The van der Waals surface area contributed by atoms with Crippen molar-refractivity contribution in [2.45, 2.75) is 68.0 Å². The third-order valence-corrected chi connectivity index (χ3v) is 9.43. The van der Waals surface area contributed by atoms with Crippen LogP contribution in [0.1, 0.15) is 51.2 Å². The molecule has 0 amide bonds. The molecule has 0 fully saturated rings. The number of hydrogen-bond acceptors (Lipinski definition) is 6. The Balaban J connectivity index is 1.87. The van der Waals surface area contributed by atoms with Gasteiger partial charge in [-0.1, -0.05) is 69.6 Å². The first kappa shape index (κ1) is 27.4. The van der Waals surface area contributed by atoms with Crippen molar-refractivity contribution in [3.63, 3.8) is 0 Å². The van der Waals surface area contributed by atoms with E-state index in [0.717, 1.165) is 80.5 Å². The Morgan fingerprint density at radius 3 is 2.13 bits per heavy atom. The van der Waals surface area contributed by atoms with E-state index < -0.39 is 15.5 Å². The van der Waals surface area contributed by atoms with Crippen LogP contribution < -0.4 is 4.90 Å². The van der Waals surface area contributed by atoms with Crippen LogP contribution in [0.3, 0.4) is 0 Å². The topological polar surface area (TPSA) is 83.4 Å². The summed E-state index contributed by atoms with van der Waals surface area (Å²) < 4.78 is 35.9. The molecule has 5 rings (SSSR count). The van der Waals surface area contributed by atoms with Gasteiger partial charge in [-0.2, -0.15) is 8.42 Å². The zero-order valence-corrected chi connectivity index (χ0v) is 24.1. The van der Waals surface area contributed by atoms with Gasteiger partial charge in [0.25, 0.3) is 10.1 Å². The fourth-order valence-electron chi connectivity index (χ4n) is 5.35. The predicted octanol–water partition coefficient (Wildman–Crippen LogP) is 7.94. The van der Waals surface area contributed by atoms with E-state index in [4.69, 9.17) is 9.97 Å². The number of para-hydroxylation sites is 1. The quantitative estimate of drug-likeness (QED) is 0.208. The molecule has 1 aliphatic heterocycles. The maximum Gasteiger partial charge on any atom is 0.286 e. The molecule has 0 aliphatic carbocycles. The summed E-state index contributed by atoms with van der Waals surface area (Å²) in [6.07, 6.45) is 7.53. The van der Waals surface area contributed by atoms with Gasteiger partial charge >= 0.3 is 0 Å². The van der Waals surface area contributed by atoms with Crippen LogP contribution in [0.4, 0.5) is 11.4 Å². The predicted molar refractivity (Wildman–Crippen MR) is 159 cm³/mol. The number of aromatic nitrogens is 2. The molecule has 0 saturated carbocycles. The molecule has 1 aliphatic rings. The van der Waals surface area contributed by atoms with Crippen LogP contribution in [-0.2, 0) is 23.0 Å². The molecular formula is C31H33N3O3S2. The van der Waals surface area contributed by atoms with Gasteiger partial charge in [-0.05, 0) is 66.8 Å². The molecule has 0 spiro atoms. The van der Waals surface area contributed by atoms with Crippen molar-refractivity contribution in [3.05, 3.63) is 84.2 Å². The third kappa shape index (κ3) is 5.33. The number of rotatable bonds is 9. The van der Waals surface area contributed by atoms with Gasteiger partial charge < -0.3 is 4.90 Å². The van der Waals surface area contributed by atoms with Gasteiger partial charge in [0.1, 0.15) is 0 Å². The van der Waals surface area contributed by atoms with Crippen molar-refractivity contribution >= 4 is 33.3 Å². The fourth-order valence-corrected chi connectivity index (χ4v) is 7.43. The number of aryl methyl sites for hydroxylation is 2. The Morgan fingerprint density at radius 1 is 0.846 bits per heavy atom. The van der Waals surface area contributed by atoms with Gasteiger partial charge in [-0.25, -0.2) is 0 Å². The Morgan fingerprint density at radius 2 is 1.49 bits per heavy atom. The minimum atomic E-state index is -4.40. The summed E-state index contributed by atoms with van der Waals surface area (Å²) in [5.74, 6) is 0. The Kier molecular flexibility index (Phi) is 8.07. The average molecular weight is 560 g/mol. The summed E-state index contributed by atoms with van der Waals surface area (Å²) in [5, 5.41) is -1.14. The van der Waals surface area contributed by atoms with Crippen LogP contribution in [0.5, 0.6) is 0 Å². The number of nitrogens with zero attached hydrogens (tertiary/aromatic N) is 3. The van der Waals surface area contributed by atoms with E-state index in [2.05, 4.69) is 32.0 Å². The molecule has 0 bridgehead atoms. The standard InChI is InChI=1S/C31H33N3O3S2/c1-4-11-21-13-9-17-32-29(21)23-19-24(30-22(12-5-2)14-10-18-33-30)31-26(20-23)34(28(6-3)39(35,36)37)25-15-7-8-16-27(25)38-31/h7-10,13-20,28H,4-6,11-12H2,1-3H3,(H,35,36,37). The fraction of sp³-hybridized carbons (Fsp3) is 0.290. The molecular weight excluding hydrogens is 526 g/mol. The molecule has 39 heavy (non-hydrogen) atoms. The number of hydrogen-bond donors (Lipinski definition) is 1. The highest BCUT2D eigenvalue weighted by Crippen LogP contribution is 2.54. The molecule has 6 nitrogen and oxygen atoms in total. The maximum absolute atomic E-state index is 12.8. The van der Waals surface area contributed by atoms with Gasteiger partial charge in [0, 0.05) is 33.3 Å². The van der Waals surface area contributed by atoms with E-state index in [1.165, 1.54) is 0 Å². The van der Waals surface area contributed by atoms with E-state index in [-0.39, 0.29) is 6.42 Å². The lowest BCUT2D eigenvalue weighted by Crippen LogP contribution is -2.38. The van der Waals surface area contributed by atoms with Crippen molar-refractivity contribution in [2.75, 3.05) is 4.90 Å². The summed E-state index contributed by atoms with van der Waals surface area (Å²) >= 11 is 1.61. The molecule has 0 radical (unpaired) electrons. The zero-order valence-electron chi connectivity index (χ0n) is 22.5. The van der Waals surface area contributed by atoms with Crippen LogP contribution in [0.15, 0.2) is 82.8 Å². The molecule has 0 saturated heterocycles. The van der Waals surface area contributed by atoms with E-state index in [1.54, 1.807) is 29.8 Å². The SMILES string of the molecule is CCCc1cccnc1-c1cc(-c2ncccc2CCC)c2c(c1)N(C(CC)S(=O)(=O)O)c1ccccc1S2. The molecule has 202 valence electrons. The minimum absolute atomic E-state index is 0.214. The lowest BCUT2D eigenvalue weighted by Gasteiger charge is -2.38. The Hall–Kier alpha value is -3.20. The first-order valence-corrected chi connectivity index (χ1v) is 15.8. The molecule has 2 aromatic heterocycles. The molecule has 1 unspecified atom stereocenters. The smallest absolute Gasteiger partial charge is 0.286 e. The van der Waals surface area contributed by atoms with Crippen LogP contribution in [0.2, 0.25) is 0 Å². The molecule has 2 aromatic carbocycles. The second-order valence-corrected chi connectivity index (χ2v) is 12.3. The number of benzene rings is 2. The Labute approximate surface area is 235 Å². The third-order valence-electron chi connectivity index (χ3n) is 7.00. The summed E-state index contributed by atoms with van der Waals surface area (Å²) in [5.41, 5.74) is 7.37. The highest BCUT2D eigenvalue weighted by molar-refractivity contribution is 8.00. The second-order valence-electron chi connectivity index (χ2n) is 9.71. The van der Waals surface area contributed by atoms with Crippen LogP contribution in [0, 0.1) is 0 Å². The molecule has 1 N–H and O–H groups in total. The summed E-state index contributed by atoms with van der Waals surface area (Å²) in [4.78, 5) is 13.3. The summed E-state index contributed by atoms with van der Waals surface area (Å²) in [6.45, 7) is 6.08. The van der Waals surface area contributed by atoms with Gasteiger partial charge in [-0.3, -0.25) is 14.5 Å². The van der Waals surface area contributed by atoms with Gasteiger partial charge in [0.2, 0.25) is 0 Å².